The van der Waals surface area contributed by atoms with Crippen LogP contribution in [0, 0.1) is 0 Å². The largest absolute Gasteiger partial charge is 0.367 e. The van der Waals surface area contributed by atoms with Crippen molar-refractivity contribution in [1.82, 2.24) is 30.1 Å². The second-order valence-electron chi connectivity index (χ2n) is 8.43. The molecule has 2 aromatic heterocycles. The molecule has 1 saturated carbocycles. The van der Waals surface area contributed by atoms with Gasteiger partial charge < -0.3 is 10.2 Å². The number of nitrogens with one attached hydrogen (secondary N) is 1. The average Bonchev–Trinajstić information content (AvgIpc) is 3.60. The third-order valence-electron chi connectivity index (χ3n) is 6.04. The molecule has 1 saturated heterocycles. The first-order valence-electron chi connectivity index (χ1n) is 11.4. The van der Waals surface area contributed by atoms with E-state index in [9.17, 15) is 4.79 Å². The summed E-state index contributed by atoms with van der Waals surface area (Å²) in [5.41, 5.74) is 3.26. The minimum absolute atomic E-state index is 0.0474. The number of para-hydroxylation sites is 2. The van der Waals surface area contributed by atoms with Crippen molar-refractivity contribution < 1.29 is 4.79 Å². The second kappa shape index (κ2) is 10.3. The number of tetrazole rings is 1. The number of pyridine rings is 1. The number of anilines is 2. The molecular formula is C23H28N8OS. The van der Waals surface area contributed by atoms with Crippen LogP contribution in [-0.4, -0.2) is 74.5 Å². The van der Waals surface area contributed by atoms with Crippen molar-refractivity contribution in [3.8, 4) is 0 Å². The van der Waals surface area contributed by atoms with E-state index in [1.54, 1.807) is 0 Å². The van der Waals surface area contributed by atoms with E-state index in [1.807, 2.05) is 35.3 Å². The van der Waals surface area contributed by atoms with Gasteiger partial charge in [0, 0.05) is 45.1 Å². The first kappa shape index (κ1) is 21.8. The van der Waals surface area contributed by atoms with Crippen LogP contribution >= 0.6 is 11.8 Å². The predicted octanol–water partition coefficient (Wildman–Crippen LogP) is 2.50. The molecule has 172 valence electrons. The number of hydrogen-bond donors (Lipinski definition) is 1. The van der Waals surface area contributed by atoms with Gasteiger partial charge >= 0.3 is 0 Å². The van der Waals surface area contributed by atoms with Crippen LogP contribution in [0.4, 0.5) is 11.4 Å². The van der Waals surface area contributed by atoms with E-state index in [2.05, 4.69) is 53.8 Å². The molecule has 3 heterocycles. The van der Waals surface area contributed by atoms with E-state index in [0.717, 1.165) is 63.4 Å². The van der Waals surface area contributed by atoms with Crippen LogP contribution in [-0.2, 0) is 11.2 Å². The monoisotopic (exact) mass is 464 g/mol. The lowest BCUT2D eigenvalue weighted by Gasteiger charge is -2.37. The lowest BCUT2D eigenvalue weighted by molar-refractivity contribution is -0.113. The normalized spacial score (nSPS) is 16.7. The molecule has 1 aliphatic carbocycles. The predicted molar refractivity (Wildman–Crippen MR) is 128 cm³/mol. The summed E-state index contributed by atoms with van der Waals surface area (Å²) in [5, 5.41) is 15.7. The highest BCUT2D eigenvalue weighted by Crippen LogP contribution is 2.36. The minimum Gasteiger partial charge on any atom is -0.367 e. The maximum absolute atomic E-state index is 12.7. The summed E-state index contributed by atoms with van der Waals surface area (Å²) in [6.45, 7) is 4.94. The fraction of sp³-hybridized carbons (Fsp3) is 0.435. The van der Waals surface area contributed by atoms with Crippen molar-refractivity contribution >= 4 is 29.0 Å². The first-order valence-corrected chi connectivity index (χ1v) is 12.4. The summed E-state index contributed by atoms with van der Waals surface area (Å²) in [7, 11) is 0. The molecule has 1 aliphatic heterocycles. The van der Waals surface area contributed by atoms with Crippen molar-refractivity contribution in [3.05, 3.63) is 54.4 Å². The van der Waals surface area contributed by atoms with E-state index >= 15 is 0 Å². The highest BCUT2D eigenvalue weighted by Gasteiger charge is 2.28. The number of aromatic nitrogens is 5. The van der Waals surface area contributed by atoms with Gasteiger partial charge in [-0.05, 0) is 59.5 Å². The zero-order chi connectivity index (χ0) is 22.5. The molecule has 0 unspecified atom stereocenters. The van der Waals surface area contributed by atoms with Gasteiger partial charge in [-0.2, -0.15) is 0 Å². The Kier molecular flexibility index (Phi) is 6.82. The fourth-order valence-corrected chi connectivity index (χ4v) is 4.79. The molecule has 3 aromatic rings. The Balaban J connectivity index is 1.13. The van der Waals surface area contributed by atoms with Crippen LogP contribution in [0.2, 0.25) is 0 Å². The Hall–Kier alpha value is -2.98. The van der Waals surface area contributed by atoms with E-state index in [1.165, 1.54) is 17.3 Å². The molecule has 1 aromatic carbocycles. The molecule has 0 bridgehead atoms. The van der Waals surface area contributed by atoms with Crippen LogP contribution < -0.4 is 10.2 Å². The van der Waals surface area contributed by atoms with Gasteiger partial charge in [-0.15, -0.1) is 5.10 Å². The molecular weight excluding hydrogens is 436 g/mol. The smallest absolute Gasteiger partial charge is 0.234 e. The quantitative estimate of drug-likeness (QED) is 0.483. The maximum Gasteiger partial charge on any atom is 0.234 e. The van der Waals surface area contributed by atoms with Crippen LogP contribution in [0.25, 0.3) is 0 Å². The molecule has 5 rings (SSSR count). The van der Waals surface area contributed by atoms with Gasteiger partial charge in [-0.25, -0.2) is 4.68 Å². The number of piperazine rings is 1. The standard InChI is InChI=1S/C23H28N8OS/c32-22(17-33-23-26-27-28-31(23)19-5-6-19)25-20-3-1-2-4-21(20)30-15-13-29(14-16-30)12-9-18-7-10-24-11-8-18/h1-4,7-8,10-11,19H,5-6,9,12-17H2,(H,25,32). The number of carbonyl (C=O) groups is 1. The lowest BCUT2D eigenvalue weighted by atomic mass is 10.1. The number of amides is 1. The molecule has 1 amide bonds. The van der Waals surface area contributed by atoms with Gasteiger partial charge in [0.05, 0.1) is 23.2 Å². The summed E-state index contributed by atoms with van der Waals surface area (Å²) in [6.07, 6.45) is 6.96. The molecule has 0 radical (unpaired) electrons. The molecule has 10 heteroatoms. The number of carbonyl (C=O) groups excluding carboxylic acids is 1. The van der Waals surface area contributed by atoms with Crippen molar-refractivity contribution in [1.29, 1.82) is 0 Å². The van der Waals surface area contributed by atoms with E-state index in [4.69, 9.17) is 0 Å². The Morgan fingerprint density at radius 2 is 1.85 bits per heavy atom. The molecule has 2 fully saturated rings. The van der Waals surface area contributed by atoms with Gasteiger partial charge in [-0.1, -0.05) is 23.9 Å². The summed E-state index contributed by atoms with van der Waals surface area (Å²) in [4.78, 5) is 21.6. The van der Waals surface area contributed by atoms with Gasteiger partial charge in [0.2, 0.25) is 11.1 Å². The third kappa shape index (κ3) is 5.69. The molecule has 1 N–H and O–H groups in total. The molecule has 2 aliphatic rings. The number of rotatable bonds is 9. The topological polar surface area (TPSA) is 92.1 Å². The van der Waals surface area contributed by atoms with Gasteiger partial charge in [-0.3, -0.25) is 14.7 Å². The Morgan fingerprint density at radius 1 is 1.06 bits per heavy atom. The van der Waals surface area contributed by atoms with Gasteiger partial charge in [0.1, 0.15) is 0 Å². The number of benzene rings is 1. The molecule has 9 nitrogen and oxygen atoms in total. The Bertz CT molecular complexity index is 1060. The van der Waals surface area contributed by atoms with E-state index in [-0.39, 0.29) is 11.7 Å². The molecule has 0 atom stereocenters. The van der Waals surface area contributed by atoms with Crippen molar-refractivity contribution in [2.75, 3.05) is 48.7 Å². The zero-order valence-corrected chi connectivity index (χ0v) is 19.3. The number of nitrogens with zero attached hydrogens (tertiary/aromatic N) is 7. The Morgan fingerprint density at radius 3 is 2.64 bits per heavy atom. The Labute approximate surface area is 197 Å². The summed E-state index contributed by atoms with van der Waals surface area (Å²) in [5.74, 6) is 0.235. The van der Waals surface area contributed by atoms with Crippen molar-refractivity contribution in [3.63, 3.8) is 0 Å². The maximum atomic E-state index is 12.7. The first-order chi connectivity index (χ1) is 16.3. The zero-order valence-electron chi connectivity index (χ0n) is 18.5. The SMILES string of the molecule is O=C(CSc1nnnn1C1CC1)Nc1ccccc1N1CCN(CCc2ccncc2)CC1. The van der Waals surface area contributed by atoms with Crippen LogP contribution in [0.1, 0.15) is 24.4 Å². The van der Waals surface area contributed by atoms with Crippen molar-refractivity contribution in [2.45, 2.75) is 30.5 Å². The summed E-state index contributed by atoms with van der Waals surface area (Å²) in [6, 6.07) is 12.6. The average molecular weight is 465 g/mol. The minimum atomic E-state index is -0.0474. The molecule has 0 spiro atoms. The second-order valence-corrected chi connectivity index (χ2v) is 9.37. The van der Waals surface area contributed by atoms with Crippen molar-refractivity contribution in [2.24, 2.45) is 0 Å². The van der Waals surface area contributed by atoms with E-state index in [0.29, 0.717) is 11.2 Å². The van der Waals surface area contributed by atoms with Crippen LogP contribution in [0.5, 0.6) is 0 Å². The van der Waals surface area contributed by atoms with E-state index < -0.39 is 0 Å². The summed E-state index contributed by atoms with van der Waals surface area (Å²) >= 11 is 1.39. The highest BCUT2D eigenvalue weighted by molar-refractivity contribution is 7.99. The fourth-order valence-electron chi connectivity index (χ4n) is 4.05. The number of hydrogen-bond acceptors (Lipinski definition) is 8. The van der Waals surface area contributed by atoms with Gasteiger partial charge in [0.15, 0.2) is 0 Å². The van der Waals surface area contributed by atoms with Crippen LogP contribution in [0.15, 0.2) is 53.9 Å². The van der Waals surface area contributed by atoms with Gasteiger partial charge in [0.25, 0.3) is 0 Å². The summed E-state index contributed by atoms with van der Waals surface area (Å²) < 4.78 is 1.83. The number of thioether (sulfide) groups is 1. The highest BCUT2D eigenvalue weighted by atomic mass is 32.2. The molecule has 33 heavy (non-hydrogen) atoms. The lowest BCUT2D eigenvalue weighted by Crippen LogP contribution is -2.47. The third-order valence-corrected chi connectivity index (χ3v) is 6.98. The van der Waals surface area contributed by atoms with Crippen LogP contribution in [0.3, 0.4) is 0 Å².